The monoisotopic (exact) mass is 586 g/mol. The van der Waals surface area contributed by atoms with Crippen molar-refractivity contribution in [1.29, 1.82) is 0 Å². The predicted molar refractivity (Wildman–Crippen MR) is 160 cm³/mol. The standard InChI is InChI=1S/C30H30N6O5S/c1-30(2,3)41-29(39)35-15-7-8-18(17-35)33-26(37)25-24-23-21(13-14-31-27(23)42-25)36(28(38)34-24)19-11-12-22(32-16-19)40-20-9-5-4-6-10-20/h4-6,9-14,16,18H,7-8,15,17H2,1-3H3,(H,33,37)(H,34,38). The number of anilines is 3. The Kier molecular flexibility index (Phi) is 7.15. The van der Waals surface area contributed by atoms with E-state index in [0.717, 1.165) is 12.8 Å². The molecule has 4 amide bonds. The highest BCUT2D eigenvalue weighted by atomic mass is 32.1. The van der Waals surface area contributed by atoms with Crippen molar-refractivity contribution in [1.82, 2.24) is 20.2 Å². The highest BCUT2D eigenvalue weighted by Crippen LogP contribution is 2.45. The maximum atomic E-state index is 13.5. The smallest absolute Gasteiger partial charge is 0.410 e. The van der Waals surface area contributed by atoms with Crippen LogP contribution in [0.1, 0.15) is 43.3 Å². The lowest BCUT2D eigenvalue weighted by Gasteiger charge is -2.34. The van der Waals surface area contributed by atoms with E-state index < -0.39 is 17.7 Å². The molecule has 12 heteroatoms. The summed E-state index contributed by atoms with van der Waals surface area (Å²) in [6.45, 7) is 6.39. The van der Waals surface area contributed by atoms with Crippen LogP contribution in [0.25, 0.3) is 10.2 Å². The molecule has 2 N–H and O–H groups in total. The first kappa shape index (κ1) is 27.5. The number of nitrogens with one attached hydrogen (secondary N) is 2. The minimum absolute atomic E-state index is 0.248. The van der Waals surface area contributed by atoms with E-state index in [2.05, 4.69) is 20.6 Å². The van der Waals surface area contributed by atoms with E-state index in [1.807, 2.05) is 51.1 Å². The van der Waals surface area contributed by atoms with E-state index in [-0.39, 0.29) is 11.9 Å². The van der Waals surface area contributed by atoms with Crippen LogP contribution in [0.2, 0.25) is 0 Å². The molecule has 6 rings (SSSR count). The fourth-order valence-electron chi connectivity index (χ4n) is 5.01. The number of urea groups is 1. The van der Waals surface area contributed by atoms with Crippen LogP contribution in [0.15, 0.2) is 60.9 Å². The van der Waals surface area contributed by atoms with Gasteiger partial charge in [-0.2, -0.15) is 0 Å². The number of carbonyl (C=O) groups is 3. The Morgan fingerprint density at radius 3 is 2.64 bits per heavy atom. The molecule has 2 aliphatic heterocycles. The van der Waals surface area contributed by atoms with Gasteiger partial charge in [-0.15, -0.1) is 11.3 Å². The SMILES string of the molecule is CC(C)(C)OC(=O)N1CCCC(NC(=O)c2sc3nccc4c3c2NC(=O)N4c2ccc(Oc3ccccc3)nc2)C1. The molecule has 5 heterocycles. The van der Waals surface area contributed by atoms with Gasteiger partial charge in [-0.05, 0) is 57.9 Å². The number of hydrogen-bond acceptors (Lipinski definition) is 8. The molecule has 11 nitrogen and oxygen atoms in total. The highest BCUT2D eigenvalue weighted by Gasteiger charge is 2.34. The van der Waals surface area contributed by atoms with Crippen LogP contribution in [0.3, 0.4) is 0 Å². The molecule has 2 aliphatic rings. The lowest BCUT2D eigenvalue weighted by Crippen LogP contribution is -2.50. The molecule has 0 spiro atoms. The topological polar surface area (TPSA) is 126 Å². The van der Waals surface area contributed by atoms with Crippen molar-refractivity contribution in [3.63, 3.8) is 0 Å². The zero-order valence-electron chi connectivity index (χ0n) is 23.4. The van der Waals surface area contributed by atoms with Gasteiger partial charge in [0.1, 0.15) is 21.1 Å². The van der Waals surface area contributed by atoms with Gasteiger partial charge in [0.25, 0.3) is 5.91 Å². The normalized spacial score (nSPS) is 16.6. The lowest BCUT2D eigenvalue weighted by molar-refractivity contribution is 0.0185. The molecule has 0 radical (unpaired) electrons. The number of rotatable bonds is 5. The van der Waals surface area contributed by atoms with E-state index in [1.54, 1.807) is 35.5 Å². The van der Waals surface area contributed by atoms with Crippen molar-refractivity contribution in [2.45, 2.75) is 45.3 Å². The summed E-state index contributed by atoms with van der Waals surface area (Å²) < 4.78 is 11.3. The summed E-state index contributed by atoms with van der Waals surface area (Å²) >= 11 is 1.21. The van der Waals surface area contributed by atoms with E-state index in [9.17, 15) is 14.4 Å². The molecule has 0 saturated carbocycles. The van der Waals surface area contributed by atoms with Gasteiger partial charge in [0.15, 0.2) is 0 Å². The van der Waals surface area contributed by atoms with E-state index >= 15 is 0 Å². The Bertz CT molecular complexity index is 1650. The van der Waals surface area contributed by atoms with Gasteiger partial charge < -0.3 is 25.0 Å². The molecule has 3 aromatic heterocycles. The van der Waals surface area contributed by atoms with Gasteiger partial charge in [-0.25, -0.2) is 19.6 Å². The summed E-state index contributed by atoms with van der Waals surface area (Å²) in [7, 11) is 0. The largest absolute Gasteiger partial charge is 0.444 e. The zero-order chi connectivity index (χ0) is 29.4. The third kappa shape index (κ3) is 5.57. The van der Waals surface area contributed by atoms with Crippen LogP contribution in [0.5, 0.6) is 11.6 Å². The third-order valence-electron chi connectivity index (χ3n) is 6.81. The molecular formula is C30H30N6O5S. The minimum Gasteiger partial charge on any atom is -0.444 e. The van der Waals surface area contributed by atoms with Crippen molar-refractivity contribution in [3.8, 4) is 11.6 Å². The second kappa shape index (κ2) is 10.9. The van der Waals surface area contributed by atoms with Crippen molar-refractivity contribution in [2.75, 3.05) is 23.3 Å². The van der Waals surface area contributed by atoms with E-state index in [0.29, 0.717) is 56.9 Å². The van der Waals surface area contributed by atoms with Crippen LogP contribution >= 0.6 is 11.3 Å². The second-order valence-electron chi connectivity index (χ2n) is 11.1. The van der Waals surface area contributed by atoms with Gasteiger partial charge in [-0.3, -0.25) is 9.69 Å². The summed E-state index contributed by atoms with van der Waals surface area (Å²) in [4.78, 5) is 52.5. The average Bonchev–Trinajstić information content (AvgIpc) is 3.33. The number of nitrogens with zero attached hydrogens (tertiary/aromatic N) is 4. The summed E-state index contributed by atoms with van der Waals surface area (Å²) in [5.41, 5.74) is 0.959. The molecule has 216 valence electrons. The average molecular weight is 587 g/mol. The number of thiophene rings is 1. The Hall–Kier alpha value is -4.71. The molecule has 4 aromatic rings. The van der Waals surface area contributed by atoms with Crippen molar-refractivity contribution in [3.05, 3.63) is 65.8 Å². The molecule has 1 saturated heterocycles. The molecule has 1 fully saturated rings. The molecule has 0 bridgehead atoms. The number of carbonyl (C=O) groups excluding carboxylic acids is 3. The van der Waals surface area contributed by atoms with E-state index in [4.69, 9.17) is 9.47 Å². The Morgan fingerprint density at radius 2 is 1.90 bits per heavy atom. The van der Waals surface area contributed by atoms with Crippen molar-refractivity contribution < 1.29 is 23.9 Å². The lowest BCUT2D eigenvalue weighted by atomic mass is 10.1. The number of hydrogen-bond donors (Lipinski definition) is 2. The Morgan fingerprint density at radius 1 is 1.10 bits per heavy atom. The Labute approximate surface area is 246 Å². The molecule has 1 aromatic carbocycles. The minimum atomic E-state index is -0.599. The first-order chi connectivity index (χ1) is 20.2. The number of piperidine rings is 1. The fourth-order valence-corrected chi connectivity index (χ4v) is 6.04. The summed E-state index contributed by atoms with van der Waals surface area (Å²) in [5, 5.41) is 6.63. The van der Waals surface area contributed by atoms with Gasteiger partial charge in [0, 0.05) is 31.4 Å². The summed E-state index contributed by atoms with van der Waals surface area (Å²) in [6, 6.07) is 13.8. The number of ether oxygens (including phenoxy) is 2. The van der Waals surface area contributed by atoms with Crippen LogP contribution in [-0.2, 0) is 4.74 Å². The maximum absolute atomic E-state index is 13.5. The van der Waals surface area contributed by atoms with E-state index in [1.165, 1.54) is 16.2 Å². The van der Waals surface area contributed by atoms with Gasteiger partial charge >= 0.3 is 12.1 Å². The molecule has 0 aliphatic carbocycles. The van der Waals surface area contributed by atoms with Crippen LogP contribution in [0, 0.1) is 0 Å². The number of para-hydroxylation sites is 1. The first-order valence-corrected chi connectivity index (χ1v) is 14.5. The van der Waals surface area contributed by atoms with Crippen LogP contribution in [-0.4, -0.2) is 57.6 Å². The fraction of sp³-hybridized carbons (Fsp3) is 0.300. The number of pyridine rings is 2. The maximum Gasteiger partial charge on any atom is 0.410 e. The number of amides is 4. The predicted octanol–water partition coefficient (Wildman–Crippen LogP) is 6.30. The molecule has 1 atom stereocenters. The van der Waals surface area contributed by atoms with Crippen LogP contribution in [0.4, 0.5) is 26.7 Å². The molecule has 1 unspecified atom stereocenters. The number of benzene rings is 1. The molecular weight excluding hydrogens is 556 g/mol. The molecule has 42 heavy (non-hydrogen) atoms. The van der Waals surface area contributed by atoms with Gasteiger partial charge in [0.2, 0.25) is 5.88 Å². The van der Waals surface area contributed by atoms with Crippen molar-refractivity contribution >= 4 is 56.6 Å². The van der Waals surface area contributed by atoms with Gasteiger partial charge in [0.05, 0.1) is 28.6 Å². The zero-order valence-corrected chi connectivity index (χ0v) is 24.2. The number of likely N-dealkylation sites (tertiary alicyclic amines) is 1. The first-order valence-electron chi connectivity index (χ1n) is 13.7. The van der Waals surface area contributed by atoms with Crippen molar-refractivity contribution in [2.24, 2.45) is 0 Å². The Balaban J connectivity index is 1.22. The third-order valence-corrected chi connectivity index (χ3v) is 7.90. The number of aromatic nitrogens is 2. The summed E-state index contributed by atoms with van der Waals surface area (Å²) in [6.07, 6.45) is 4.25. The highest BCUT2D eigenvalue weighted by molar-refractivity contribution is 7.21. The van der Waals surface area contributed by atoms with Gasteiger partial charge in [-0.1, -0.05) is 18.2 Å². The second-order valence-corrected chi connectivity index (χ2v) is 12.1. The summed E-state index contributed by atoms with van der Waals surface area (Å²) in [5.74, 6) is 0.724. The van der Waals surface area contributed by atoms with Crippen LogP contribution < -0.4 is 20.3 Å². The quantitative estimate of drug-likeness (QED) is 0.281.